The molecule has 0 bridgehead atoms. The fraction of sp³-hybridized carbons (Fsp3) is 0.692. The second-order valence-corrected chi connectivity index (χ2v) is 4.40. The van der Waals surface area contributed by atoms with E-state index in [4.69, 9.17) is 10.3 Å². The van der Waals surface area contributed by atoms with Crippen molar-refractivity contribution in [2.75, 3.05) is 6.54 Å². The largest absolute Gasteiger partial charge is 0.359 e. The molecule has 0 aromatic carbocycles. The van der Waals surface area contributed by atoms with Gasteiger partial charge in [-0.05, 0) is 25.8 Å². The SMILES string of the molecule is CCC(CC)c1cc(CNC(=O)CCCN)on1. The monoisotopic (exact) mass is 253 g/mol. The number of nitrogens with two attached hydrogens (primary N) is 1. The topological polar surface area (TPSA) is 81.2 Å². The summed E-state index contributed by atoms with van der Waals surface area (Å²) < 4.78 is 5.21. The van der Waals surface area contributed by atoms with Crippen LogP contribution in [0.5, 0.6) is 0 Å². The lowest BCUT2D eigenvalue weighted by Gasteiger charge is -2.06. The number of carbonyl (C=O) groups is 1. The normalized spacial score (nSPS) is 10.9. The van der Waals surface area contributed by atoms with Crippen molar-refractivity contribution < 1.29 is 9.32 Å². The molecule has 1 aromatic heterocycles. The van der Waals surface area contributed by atoms with E-state index < -0.39 is 0 Å². The fourth-order valence-electron chi connectivity index (χ4n) is 1.85. The summed E-state index contributed by atoms with van der Waals surface area (Å²) in [7, 11) is 0. The third-order valence-corrected chi connectivity index (χ3v) is 3.05. The van der Waals surface area contributed by atoms with Crippen molar-refractivity contribution in [3.05, 3.63) is 17.5 Å². The highest BCUT2D eigenvalue weighted by Gasteiger charge is 2.13. The van der Waals surface area contributed by atoms with E-state index in [0.717, 1.165) is 18.5 Å². The van der Waals surface area contributed by atoms with Gasteiger partial charge in [0.2, 0.25) is 5.91 Å². The molecule has 0 saturated heterocycles. The standard InChI is InChI=1S/C13H23N3O2/c1-3-10(4-2)12-8-11(18-16-12)9-15-13(17)6-5-7-14/h8,10H,3-7,9,14H2,1-2H3,(H,15,17). The van der Waals surface area contributed by atoms with Crippen LogP contribution in [0.1, 0.15) is 56.9 Å². The van der Waals surface area contributed by atoms with Gasteiger partial charge < -0.3 is 15.6 Å². The number of nitrogens with one attached hydrogen (secondary N) is 1. The second-order valence-electron chi connectivity index (χ2n) is 4.40. The summed E-state index contributed by atoms with van der Waals surface area (Å²) in [5.74, 6) is 1.15. The molecule has 0 saturated carbocycles. The first-order valence-corrected chi connectivity index (χ1v) is 6.63. The molecule has 1 amide bonds. The molecule has 102 valence electrons. The maximum absolute atomic E-state index is 11.4. The lowest BCUT2D eigenvalue weighted by atomic mass is 9.99. The zero-order chi connectivity index (χ0) is 13.4. The van der Waals surface area contributed by atoms with Gasteiger partial charge in [-0.15, -0.1) is 0 Å². The van der Waals surface area contributed by atoms with Crippen molar-refractivity contribution in [2.45, 2.75) is 52.0 Å². The molecule has 1 rings (SSSR count). The molecule has 0 unspecified atom stereocenters. The van der Waals surface area contributed by atoms with Crippen LogP contribution >= 0.6 is 0 Å². The Morgan fingerprint density at radius 2 is 2.22 bits per heavy atom. The van der Waals surface area contributed by atoms with Crippen molar-refractivity contribution in [1.82, 2.24) is 10.5 Å². The lowest BCUT2D eigenvalue weighted by molar-refractivity contribution is -0.121. The van der Waals surface area contributed by atoms with Crippen LogP contribution in [0.2, 0.25) is 0 Å². The van der Waals surface area contributed by atoms with Crippen LogP contribution in [0.4, 0.5) is 0 Å². The number of carbonyl (C=O) groups excluding carboxylic acids is 1. The molecule has 18 heavy (non-hydrogen) atoms. The predicted molar refractivity (Wildman–Crippen MR) is 70.0 cm³/mol. The first kappa shape index (κ1) is 14.7. The smallest absolute Gasteiger partial charge is 0.220 e. The molecule has 1 aromatic rings. The number of nitrogens with zero attached hydrogens (tertiary/aromatic N) is 1. The first-order chi connectivity index (χ1) is 8.71. The van der Waals surface area contributed by atoms with Gasteiger partial charge in [0.25, 0.3) is 0 Å². The summed E-state index contributed by atoms with van der Waals surface area (Å²) in [6.07, 6.45) is 3.27. The van der Waals surface area contributed by atoms with Gasteiger partial charge in [0, 0.05) is 18.4 Å². The van der Waals surface area contributed by atoms with Gasteiger partial charge in [0.15, 0.2) is 5.76 Å². The Morgan fingerprint density at radius 3 is 2.83 bits per heavy atom. The average molecular weight is 253 g/mol. The summed E-state index contributed by atoms with van der Waals surface area (Å²) in [4.78, 5) is 11.4. The van der Waals surface area contributed by atoms with Gasteiger partial charge in [-0.2, -0.15) is 0 Å². The quantitative estimate of drug-likeness (QED) is 0.741. The van der Waals surface area contributed by atoms with Gasteiger partial charge >= 0.3 is 0 Å². The molecule has 0 radical (unpaired) electrons. The minimum absolute atomic E-state index is 0.000864. The van der Waals surface area contributed by atoms with Crippen LogP contribution in [-0.2, 0) is 11.3 Å². The summed E-state index contributed by atoms with van der Waals surface area (Å²) in [6, 6.07) is 1.93. The zero-order valence-electron chi connectivity index (χ0n) is 11.2. The highest BCUT2D eigenvalue weighted by molar-refractivity contribution is 5.75. The number of rotatable bonds is 8. The fourth-order valence-corrected chi connectivity index (χ4v) is 1.85. The molecule has 0 fully saturated rings. The molecule has 3 N–H and O–H groups in total. The third-order valence-electron chi connectivity index (χ3n) is 3.05. The Balaban J connectivity index is 2.41. The second kappa shape index (κ2) is 7.87. The number of hydrogen-bond acceptors (Lipinski definition) is 4. The van der Waals surface area contributed by atoms with Crippen molar-refractivity contribution in [3.8, 4) is 0 Å². The van der Waals surface area contributed by atoms with Crippen molar-refractivity contribution >= 4 is 5.91 Å². The number of amides is 1. The van der Waals surface area contributed by atoms with Crippen molar-refractivity contribution in [2.24, 2.45) is 5.73 Å². The van der Waals surface area contributed by atoms with Crippen LogP contribution in [0, 0.1) is 0 Å². The average Bonchev–Trinajstić information content (AvgIpc) is 2.84. The van der Waals surface area contributed by atoms with Gasteiger partial charge in [-0.25, -0.2) is 0 Å². The Labute approximate surface area is 108 Å². The molecular formula is C13H23N3O2. The molecule has 0 aliphatic carbocycles. The summed E-state index contributed by atoms with van der Waals surface area (Å²) in [5.41, 5.74) is 6.32. The molecular weight excluding hydrogens is 230 g/mol. The predicted octanol–water partition coefficient (Wildman–Crippen LogP) is 1.93. The summed E-state index contributed by atoms with van der Waals surface area (Å²) >= 11 is 0. The van der Waals surface area contributed by atoms with E-state index in [1.165, 1.54) is 0 Å². The lowest BCUT2D eigenvalue weighted by Crippen LogP contribution is -2.22. The molecule has 5 heteroatoms. The molecule has 5 nitrogen and oxygen atoms in total. The molecule has 0 spiro atoms. The highest BCUT2D eigenvalue weighted by atomic mass is 16.5. The third kappa shape index (κ3) is 4.49. The summed E-state index contributed by atoms with van der Waals surface area (Å²) in [6.45, 7) is 5.21. The maximum atomic E-state index is 11.4. The first-order valence-electron chi connectivity index (χ1n) is 6.63. The van der Waals surface area contributed by atoms with Crippen molar-refractivity contribution in [3.63, 3.8) is 0 Å². The van der Waals surface area contributed by atoms with E-state index in [1.54, 1.807) is 0 Å². The van der Waals surface area contributed by atoms with E-state index in [-0.39, 0.29) is 5.91 Å². The molecule has 0 aliphatic heterocycles. The van der Waals surface area contributed by atoms with Gasteiger partial charge in [0.1, 0.15) is 0 Å². The van der Waals surface area contributed by atoms with Crippen LogP contribution in [0.15, 0.2) is 10.6 Å². The minimum Gasteiger partial charge on any atom is -0.359 e. The summed E-state index contributed by atoms with van der Waals surface area (Å²) in [5, 5.41) is 6.85. The Bertz CT molecular complexity index is 359. The van der Waals surface area contributed by atoms with E-state index in [9.17, 15) is 4.79 Å². The van der Waals surface area contributed by atoms with Crippen LogP contribution < -0.4 is 11.1 Å². The van der Waals surface area contributed by atoms with Gasteiger partial charge in [-0.3, -0.25) is 4.79 Å². The molecule has 0 atom stereocenters. The van der Waals surface area contributed by atoms with E-state index >= 15 is 0 Å². The maximum Gasteiger partial charge on any atom is 0.220 e. The van der Waals surface area contributed by atoms with Gasteiger partial charge in [0.05, 0.1) is 12.2 Å². The molecule has 1 heterocycles. The molecule has 0 aliphatic rings. The van der Waals surface area contributed by atoms with Crippen LogP contribution in [0.25, 0.3) is 0 Å². The zero-order valence-corrected chi connectivity index (χ0v) is 11.2. The van der Waals surface area contributed by atoms with Crippen molar-refractivity contribution in [1.29, 1.82) is 0 Å². The Kier molecular flexibility index (Phi) is 6.43. The van der Waals surface area contributed by atoms with Gasteiger partial charge in [-0.1, -0.05) is 19.0 Å². The van der Waals surface area contributed by atoms with E-state index in [0.29, 0.717) is 37.6 Å². The Morgan fingerprint density at radius 1 is 1.50 bits per heavy atom. The Hall–Kier alpha value is -1.36. The van der Waals surface area contributed by atoms with Crippen LogP contribution in [-0.4, -0.2) is 17.6 Å². The highest BCUT2D eigenvalue weighted by Crippen LogP contribution is 2.22. The number of aromatic nitrogens is 1. The minimum atomic E-state index is 0.000864. The number of hydrogen-bond donors (Lipinski definition) is 2. The van der Waals surface area contributed by atoms with E-state index in [1.807, 2.05) is 6.07 Å². The van der Waals surface area contributed by atoms with E-state index in [2.05, 4.69) is 24.3 Å². The van der Waals surface area contributed by atoms with Crippen LogP contribution in [0.3, 0.4) is 0 Å².